The number of amides is 1. The zero-order valence-corrected chi connectivity index (χ0v) is 9.70. The molecule has 0 aliphatic heterocycles. The molecule has 0 heterocycles. The van der Waals surface area contributed by atoms with Gasteiger partial charge in [0.15, 0.2) is 0 Å². The predicted octanol–water partition coefficient (Wildman–Crippen LogP) is 1.48. The molecular weight excluding hydrogens is 182 g/mol. The van der Waals surface area contributed by atoms with Crippen molar-refractivity contribution in [2.45, 2.75) is 33.3 Å². The van der Waals surface area contributed by atoms with Gasteiger partial charge in [-0.05, 0) is 19.8 Å². The van der Waals surface area contributed by atoms with Gasteiger partial charge >= 0.3 is 6.09 Å². The van der Waals surface area contributed by atoms with Crippen molar-refractivity contribution in [3.63, 3.8) is 0 Å². The molecule has 0 radical (unpaired) electrons. The summed E-state index contributed by atoms with van der Waals surface area (Å²) in [5, 5.41) is 9.46. The zero-order chi connectivity index (χ0) is 11.4. The lowest BCUT2D eigenvalue weighted by Gasteiger charge is -2.25. The molecule has 0 fully saturated rings. The van der Waals surface area contributed by atoms with Gasteiger partial charge in [-0.15, -0.1) is 0 Å². The van der Waals surface area contributed by atoms with Gasteiger partial charge in [-0.1, -0.05) is 13.8 Å². The van der Waals surface area contributed by atoms with Crippen LogP contribution < -0.4 is 0 Å². The normalized spacial score (nSPS) is 11.6. The zero-order valence-electron chi connectivity index (χ0n) is 9.70. The van der Waals surface area contributed by atoms with Crippen LogP contribution in [0.1, 0.15) is 27.7 Å². The number of rotatable bonds is 4. The fourth-order valence-electron chi connectivity index (χ4n) is 0.993. The highest BCUT2D eigenvalue weighted by Gasteiger charge is 2.20. The maximum Gasteiger partial charge on any atom is 0.409 e. The highest BCUT2D eigenvalue weighted by Crippen LogP contribution is 2.05. The molecule has 0 aliphatic rings. The van der Waals surface area contributed by atoms with E-state index in [4.69, 9.17) is 4.74 Å². The Bertz CT molecular complexity index is 184. The minimum absolute atomic E-state index is 0.268. The molecule has 1 amide bonds. The van der Waals surface area contributed by atoms with Crippen molar-refractivity contribution in [1.29, 1.82) is 0 Å². The van der Waals surface area contributed by atoms with E-state index < -0.39 is 5.60 Å². The summed E-state index contributed by atoms with van der Waals surface area (Å²) in [7, 11) is 1.61. The smallest absolute Gasteiger partial charge is 0.409 e. The van der Waals surface area contributed by atoms with Gasteiger partial charge in [-0.25, -0.2) is 4.79 Å². The third-order valence-electron chi connectivity index (χ3n) is 1.48. The monoisotopic (exact) mass is 203 g/mol. The second-order valence-corrected chi connectivity index (χ2v) is 4.64. The van der Waals surface area contributed by atoms with Gasteiger partial charge in [0.2, 0.25) is 0 Å². The van der Waals surface area contributed by atoms with Crippen LogP contribution in [-0.2, 0) is 4.74 Å². The Morgan fingerprint density at radius 2 is 2.00 bits per heavy atom. The molecule has 0 aromatic heterocycles. The number of carbonyl (C=O) groups excluding carboxylic acids is 1. The highest BCUT2D eigenvalue weighted by molar-refractivity contribution is 5.67. The predicted molar refractivity (Wildman–Crippen MR) is 55.1 cm³/mol. The summed E-state index contributed by atoms with van der Waals surface area (Å²) in [4.78, 5) is 12.7. The molecule has 4 nitrogen and oxygen atoms in total. The Morgan fingerprint density at radius 3 is 2.36 bits per heavy atom. The molecule has 14 heavy (non-hydrogen) atoms. The minimum Gasteiger partial charge on any atom is -0.449 e. The number of hydrogen-bond donors (Lipinski definition) is 1. The van der Waals surface area contributed by atoms with Crippen molar-refractivity contribution in [3.8, 4) is 0 Å². The molecule has 0 bridgehead atoms. The Balaban J connectivity index is 3.88. The van der Waals surface area contributed by atoms with Crippen molar-refractivity contribution >= 4 is 6.09 Å². The van der Waals surface area contributed by atoms with Crippen molar-refractivity contribution in [2.75, 3.05) is 20.2 Å². The van der Waals surface area contributed by atoms with Crippen LogP contribution in [0.15, 0.2) is 0 Å². The number of hydrogen-bond acceptors (Lipinski definition) is 3. The van der Waals surface area contributed by atoms with Gasteiger partial charge in [-0.2, -0.15) is 0 Å². The molecule has 4 heteroatoms. The lowest BCUT2D eigenvalue weighted by Crippen LogP contribution is -2.40. The first-order valence-electron chi connectivity index (χ1n) is 4.82. The Morgan fingerprint density at radius 1 is 1.50 bits per heavy atom. The molecule has 1 N–H and O–H groups in total. The Labute approximate surface area is 85.9 Å². The average molecular weight is 203 g/mol. The van der Waals surface area contributed by atoms with Crippen LogP contribution in [0.4, 0.5) is 4.79 Å². The van der Waals surface area contributed by atoms with Crippen LogP contribution in [0.2, 0.25) is 0 Å². The summed E-state index contributed by atoms with van der Waals surface area (Å²) in [5.74, 6) is 0.328. The number of carbonyl (C=O) groups is 1. The second kappa shape index (κ2) is 5.20. The molecule has 0 atom stereocenters. The van der Waals surface area contributed by atoms with E-state index in [1.807, 2.05) is 13.8 Å². The van der Waals surface area contributed by atoms with E-state index in [1.54, 1.807) is 20.9 Å². The van der Waals surface area contributed by atoms with E-state index in [0.29, 0.717) is 12.5 Å². The number of nitrogens with zero attached hydrogens (tertiary/aromatic N) is 1. The SMILES string of the molecule is CC(C)COC(=O)N(C)CC(C)(C)O. The molecule has 0 unspecified atom stereocenters. The average Bonchev–Trinajstić information content (AvgIpc) is 1.96. The molecule has 0 spiro atoms. The van der Waals surface area contributed by atoms with E-state index in [0.717, 1.165) is 0 Å². The van der Waals surface area contributed by atoms with E-state index in [9.17, 15) is 9.90 Å². The molecule has 84 valence electrons. The lowest BCUT2D eigenvalue weighted by molar-refractivity contribution is 0.0333. The first-order chi connectivity index (χ1) is 6.22. The summed E-state index contributed by atoms with van der Waals surface area (Å²) in [5.41, 5.74) is -0.883. The molecule has 0 aliphatic carbocycles. The van der Waals surface area contributed by atoms with Crippen LogP contribution in [-0.4, -0.2) is 41.9 Å². The van der Waals surface area contributed by atoms with Gasteiger partial charge in [-0.3, -0.25) is 0 Å². The maximum absolute atomic E-state index is 11.3. The van der Waals surface area contributed by atoms with Gasteiger partial charge in [0.1, 0.15) is 0 Å². The quantitative estimate of drug-likeness (QED) is 0.753. The summed E-state index contributed by atoms with van der Waals surface area (Å²) >= 11 is 0. The van der Waals surface area contributed by atoms with Crippen molar-refractivity contribution in [2.24, 2.45) is 5.92 Å². The van der Waals surface area contributed by atoms with Crippen LogP contribution in [0, 0.1) is 5.92 Å². The fourth-order valence-corrected chi connectivity index (χ4v) is 0.993. The maximum atomic E-state index is 11.3. The first-order valence-corrected chi connectivity index (χ1v) is 4.82. The van der Waals surface area contributed by atoms with Crippen molar-refractivity contribution in [3.05, 3.63) is 0 Å². The number of aliphatic hydroxyl groups is 1. The van der Waals surface area contributed by atoms with E-state index in [-0.39, 0.29) is 12.6 Å². The van der Waals surface area contributed by atoms with Gasteiger partial charge in [0, 0.05) is 7.05 Å². The van der Waals surface area contributed by atoms with Gasteiger partial charge in [0.05, 0.1) is 18.8 Å². The Kier molecular flexibility index (Phi) is 4.91. The Hall–Kier alpha value is -0.770. The van der Waals surface area contributed by atoms with E-state index in [1.165, 1.54) is 4.90 Å². The summed E-state index contributed by atoms with van der Waals surface area (Å²) in [6.07, 6.45) is -0.388. The third-order valence-corrected chi connectivity index (χ3v) is 1.48. The number of ether oxygens (including phenoxy) is 1. The third kappa shape index (κ3) is 6.71. The molecule has 0 aromatic carbocycles. The van der Waals surface area contributed by atoms with Crippen LogP contribution in [0.3, 0.4) is 0 Å². The van der Waals surface area contributed by atoms with Crippen LogP contribution in [0.5, 0.6) is 0 Å². The minimum atomic E-state index is -0.883. The van der Waals surface area contributed by atoms with E-state index in [2.05, 4.69) is 0 Å². The summed E-state index contributed by atoms with van der Waals surface area (Å²) < 4.78 is 4.99. The fraction of sp³-hybridized carbons (Fsp3) is 0.900. The molecular formula is C10H21NO3. The highest BCUT2D eigenvalue weighted by atomic mass is 16.6. The van der Waals surface area contributed by atoms with Gasteiger partial charge < -0.3 is 14.7 Å². The lowest BCUT2D eigenvalue weighted by atomic mass is 10.1. The van der Waals surface area contributed by atoms with Gasteiger partial charge in [0.25, 0.3) is 0 Å². The van der Waals surface area contributed by atoms with Crippen LogP contribution >= 0.6 is 0 Å². The standard InChI is InChI=1S/C10H21NO3/c1-8(2)6-14-9(12)11(5)7-10(3,4)13/h8,13H,6-7H2,1-5H3. The molecule has 0 rings (SSSR count). The topological polar surface area (TPSA) is 49.8 Å². The molecule has 0 saturated heterocycles. The first kappa shape index (κ1) is 13.2. The number of likely N-dealkylation sites (N-methyl/N-ethyl adjacent to an activating group) is 1. The molecule has 0 aromatic rings. The van der Waals surface area contributed by atoms with Crippen molar-refractivity contribution in [1.82, 2.24) is 4.90 Å². The largest absolute Gasteiger partial charge is 0.449 e. The van der Waals surface area contributed by atoms with Crippen LogP contribution in [0.25, 0.3) is 0 Å². The summed E-state index contributed by atoms with van der Waals surface area (Å²) in [6, 6.07) is 0. The van der Waals surface area contributed by atoms with Crippen molar-refractivity contribution < 1.29 is 14.6 Å². The van der Waals surface area contributed by atoms with E-state index >= 15 is 0 Å². The summed E-state index contributed by atoms with van der Waals surface area (Å²) in [6.45, 7) is 7.93. The molecule has 0 saturated carbocycles. The second-order valence-electron chi connectivity index (χ2n) is 4.64.